The zero-order chi connectivity index (χ0) is 14.5. The number of hydrogen-bond donors (Lipinski definition) is 1. The van der Waals surface area contributed by atoms with E-state index in [1.54, 1.807) is 18.0 Å². The molecule has 1 aromatic rings. The molecule has 0 aromatic heterocycles. The second-order valence-electron chi connectivity index (χ2n) is 5.29. The highest BCUT2D eigenvalue weighted by atomic mass is 19.1. The fraction of sp³-hybridized carbons (Fsp3) is 0.533. The van der Waals surface area contributed by atoms with Gasteiger partial charge in [0.15, 0.2) is 0 Å². The minimum atomic E-state index is -0.265. The molecule has 5 heteroatoms. The van der Waals surface area contributed by atoms with Gasteiger partial charge in [-0.05, 0) is 24.6 Å². The number of nitrogens with zero attached hydrogens (tertiary/aromatic N) is 2. The molecule has 4 nitrogen and oxygen atoms in total. The summed E-state index contributed by atoms with van der Waals surface area (Å²) in [6, 6.07) is 6.26. The first-order valence-electron chi connectivity index (χ1n) is 7.02. The van der Waals surface area contributed by atoms with Crippen molar-refractivity contribution in [1.82, 2.24) is 15.1 Å². The van der Waals surface area contributed by atoms with E-state index in [1.807, 2.05) is 13.0 Å². The third-order valence-electron chi connectivity index (χ3n) is 3.74. The van der Waals surface area contributed by atoms with E-state index in [1.165, 1.54) is 12.1 Å². The van der Waals surface area contributed by atoms with Crippen molar-refractivity contribution in [3.8, 4) is 0 Å². The van der Waals surface area contributed by atoms with Gasteiger partial charge in [-0.15, -0.1) is 0 Å². The molecule has 1 unspecified atom stereocenters. The van der Waals surface area contributed by atoms with Gasteiger partial charge in [0.05, 0.1) is 6.04 Å². The molecule has 1 saturated heterocycles. The molecule has 110 valence electrons. The maximum Gasteiger partial charge on any atom is 0.239 e. The fourth-order valence-corrected chi connectivity index (χ4v) is 2.53. The van der Waals surface area contributed by atoms with Crippen LogP contribution in [0.1, 0.15) is 12.5 Å². The first-order valence-corrected chi connectivity index (χ1v) is 7.02. The van der Waals surface area contributed by atoms with Crippen LogP contribution in [-0.4, -0.2) is 55.0 Å². The van der Waals surface area contributed by atoms with E-state index < -0.39 is 0 Å². The molecule has 1 aromatic carbocycles. The molecular weight excluding hydrogens is 257 g/mol. The average Bonchev–Trinajstić information content (AvgIpc) is 2.46. The molecule has 20 heavy (non-hydrogen) atoms. The SMILES string of the molecule is CC(C(=O)N(C)Cc1cccc(F)c1)N1CCNCC1. The summed E-state index contributed by atoms with van der Waals surface area (Å²) in [6.07, 6.45) is 0. The van der Waals surface area contributed by atoms with Crippen LogP contribution >= 0.6 is 0 Å². The van der Waals surface area contributed by atoms with Crippen LogP contribution < -0.4 is 5.32 Å². The fourth-order valence-electron chi connectivity index (χ4n) is 2.53. The number of nitrogens with one attached hydrogen (secondary N) is 1. The van der Waals surface area contributed by atoms with Crippen LogP contribution in [0.5, 0.6) is 0 Å². The number of piperazine rings is 1. The third kappa shape index (κ3) is 3.77. The Bertz CT molecular complexity index is 460. The minimum absolute atomic E-state index is 0.0798. The highest BCUT2D eigenvalue weighted by molar-refractivity contribution is 5.81. The van der Waals surface area contributed by atoms with Gasteiger partial charge in [-0.2, -0.15) is 0 Å². The second-order valence-corrected chi connectivity index (χ2v) is 5.29. The van der Waals surface area contributed by atoms with Gasteiger partial charge in [-0.1, -0.05) is 12.1 Å². The van der Waals surface area contributed by atoms with Crippen molar-refractivity contribution >= 4 is 5.91 Å². The number of benzene rings is 1. The average molecular weight is 279 g/mol. The second kappa shape index (κ2) is 6.81. The summed E-state index contributed by atoms with van der Waals surface area (Å²) < 4.78 is 13.1. The van der Waals surface area contributed by atoms with Crippen LogP contribution in [0.4, 0.5) is 4.39 Å². The van der Waals surface area contributed by atoms with Crippen LogP contribution in [0, 0.1) is 5.82 Å². The van der Waals surface area contributed by atoms with Crippen LogP contribution in [0.3, 0.4) is 0 Å². The van der Waals surface area contributed by atoms with Crippen LogP contribution in [-0.2, 0) is 11.3 Å². The lowest BCUT2D eigenvalue weighted by atomic mass is 10.1. The Kier molecular flexibility index (Phi) is 5.09. The standard InChI is InChI=1S/C15H22FN3O/c1-12(19-8-6-17-7-9-19)15(20)18(2)11-13-4-3-5-14(16)10-13/h3-5,10,12,17H,6-9,11H2,1-2H3. The molecule has 1 heterocycles. The van der Waals surface area contributed by atoms with Crippen molar-refractivity contribution in [2.75, 3.05) is 33.2 Å². The quantitative estimate of drug-likeness (QED) is 0.896. The van der Waals surface area contributed by atoms with Crippen molar-refractivity contribution < 1.29 is 9.18 Å². The normalized spacial score (nSPS) is 17.8. The minimum Gasteiger partial charge on any atom is -0.340 e. The lowest BCUT2D eigenvalue weighted by Crippen LogP contribution is -2.52. The molecule has 1 aliphatic rings. The van der Waals surface area contributed by atoms with Crippen molar-refractivity contribution in [3.63, 3.8) is 0 Å². The van der Waals surface area contributed by atoms with Gasteiger partial charge in [0.2, 0.25) is 5.91 Å². The van der Waals surface area contributed by atoms with Crippen LogP contribution in [0.25, 0.3) is 0 Å². The first-order chi connectivity index (χ1) is 9.58. The van der Waals surface area contributed by atoms with E-state index in [0.29, 0.717) is 6.54 Å². The number of amides is 1. The van der Waals surface area contributed by atoms with Gasteiger partial charge >= 0.3 is 0 Å². The molecular formula is C15H22FN3O. The molecule has 1 fully saturated rings. The Morgan fingerprint density at radius 1 is 1.45 bits per heavy atom. The number of rotatable bonds is 4. The predicted molar refractivity (Wildman–Crippen MR) is 76.8 cm³/mol. The molecule has 0 radical (unpaired) electrons. The lowest BCUT2D eigenvalue weighted by molar-refractivity contribution is -0.135. The molecule has 0 spiro atoms. The topological polar surface area (TPSA) is 35.6 Å². The predicted octanol–water partition coefficient (Wildman–Crippen LogP) is 1.08. The Hall–Kier alpha value is -1.46. The molecule has 1 N–H and O–H groups in total. The number of carbonyl (C=O) groups excluding carboxylic acids is 1. The highest BCUT2D eigenvalue weighted by Crippen LogP contribution is 2.10. The molecule has 2 rings (SSSR count). The van der Waals surface area contributed by atoms with Crippen molar-refractivity contribution in [2.45, 2.75) is 19.5 Å². The third-order valence-corrected chi connectivity index (χ3v) is 3.74. The van der Waals surface area contributed by atoms with Gasteiger partial charge in [0, 0.05) is 39.8 Å². The summed E-state index contributed by atoms with van der Waals surface area (Å²) in [4.78, 5) is 16.3. The van der Waals surface area contributed by atoms with Gasteiger partial charge in [0.25, 0.3) is 0 Å². The van der Waals surface area contributed by atoms with E-state index in [2.05, 4.69) is 10.2 Å². The maximum atomic E-state index is 13.1. The van der Waals surface area contributed by atoms with Crippen molar-refractivity contribution in [2.24, 2.45) is 0 Å². The first kappa shape index (κ1) is 14.9. The molecule has 1 atom stereocenters. The monoisotopic (exact) mass is 279 g/mol. The number of likely N-dealkylation sites (N-methyl/N-ethyl adjacent to an activating group) is 1. The highest BCUT2D eigenvalue weighted by Gasteiger charge is 2.25. The van der Waals surface area contributed by atoms with Gasteiger partial charge in [-0.3, -0.25) is 9.69 Å². The van der Waals surface area contributed by atoms with E-state index in [-0.39, 0.29) is 17.8 Å². The van der Waals surface area contributed by atoms with Gasteiger partial charge in [0.1, 0.15) is 5.82 Å². The Morgan fingerprint density at radius 3 is 2.80 bits per heavy atom. The Balaban J connectivity index is 1.93. The lowest BCUT2D eigenvalue weighted by Gasteiger charge is -2.34. The molecule has 0 aliphatic carbocycles. The molecule has 1 amide bonds. The molecule has 1 aliphatic heterocycles. The van der Waals surface area contributed by atoms with E-state index in [0.717, 1.165) is 31.7 Å². The van der Waals surface area contributed by atoms with Gasteiger partial charge < -0.3 is 10.2 Å². The van der Waals surface area contributed by atoms with E-state index in [4.69, 9.17) is 0 Å². The largest absolute Gasteiger partial charge is 0.340 e. The summed E-state index contributed by atoms with van der Waals surface area (Å²) in [5.41, 5.74) is 0.813. The van der Waals surface area contributed by atoms with Crippen molar-refractivity contribution in [3.05, 3.63) is 35.6 Å². The Labute approximate surface area is 119 Å². The molecule has 0 bridgehead atoms. The summed E-state index contributed by atoms with van der Waals surface area (Å²) >= 11 is 0. The smallest absolute Gasteiger partial charge is 0.239 e. The summed E-state index contributed by atoms with van der Waals surface area (Å²) in [7, 11) is 1.77. The number of halogens is 1. The maximum absolute atomic E-state index is 13.1. The zero-order valence-electron chi connectivity index (χ0n) is 12.1. The Morgan fingerprint density at radius 2 is 2.15 bits per heavy atom. The number of hydrogen-bond acceptors (Lipinski definition) is 3. The van der Waals surface area contributed by atoms with Crippen LogP contribution in [0.15, 0.2) is 24.3 Å². The van der Waals surface area contributed by atoms with Gasteiger partial charge in [-0.25, -0.2) is 4.39 Å². The molecule has 0 saturated carbocycles. The summed E-state index contributed by atoms with van der Waals surface area (Å²) in [5, 5.41) is 3.28. The van der Waals surface area contributed by atoms with Crippen LogP contribution in [0.2, 0.25) is 0 Å². The van der Waals surface area contributed by atoms with E-state index >= 15 is 0 Å². The summed E-state index contributed by atoms with van der Waals surface area (Å²) in [6.45, 7) is 6.00. The number of carbonyl (C=O) groups is 1. The summed E-state index contributed by atoms with van der Waals surface area (Å²) in [5.74, 6) is -0.185. The van der Waals surface area contributed by atoms with Crippen molar-refractivity contribution in [1.29, 1.82) is 0 Å². The zero-order valence-corrected chi connectivity index (χ0v) is 12.1. The van der Waals surface area contributed by atoms with E-state index in [9.17, 15) is 9.18 Å².